The SMILES string of the molecule is CC(c1cccc(N)c1)C1CCS(=O)(=O)CC1. The summed E-state index contributed by atoms with van der Waals surface area (Å²) in [5, 5.41) is 0. The third-order valence-electron chi connectivity index (χ3n) is 3.74. The lowest BCUT2D eigenvalue weighted by Crippen LogP contribution is -2.26. The summed E-state index contributed by atoms with van der Waals surface area (Å²) in [7, 11) is -2.76. The van der Waals surface area contributed by atoms with Crippen LogP contribution in [0.25, 0.3) is 0 Å². The fraction of sp³-hybridized carbons (Fsp3) is 0.538. The van der Waals surface area contributed by atoms with Gasteiger partial charge in [-0.2, -0.15) is 0 Å². The zero-order chi connectivity index (χ0) is 12.5. The van der Waals surface area contributed by atoms with Gasteiger partial charge in [0.2, 0.25) is 0 Å². The molecule has 0 aromatic heterocycles. The maximum atomic E-state index is 11.4. The van der Waals surface area contributed by atoms with Crippen LogP contribution >= 0.6 is 0 Å². The lowest BCUT2D eigenvalue weighted by Gasteiger charge is -2.28. The normalized spacial score (nSPS) is 22.2. The number of benzene rings is 1. The van der Waals surface area contributed by atoms with Gasteiger partial charge in [0.1, 0.15) is 9.84 Å². The molecule has 4 heteroatoms. The van der Waals surface area contributed by atoms with Gasteiger partial charge in [0.05, 0.1) is 11.5 Å². The van der Waals surface area contributed by atoms with Crippen molar-refractivity contribution in [3.8, 4) is 0 Å². The molecule has 1 saturated heterocycles. The molecule has 1 unspecified atom stereocenters. The van der Waals surface area contributed by atoms with Crippen molar-refractivity contribution >= 4 is 15.5 Å². The van der Waals surface area contributed by atoms with E-state index in [0.29, 0.717) is 23.3 Å². The maximum absolute atomic E-state index is 11.4. The van der Waals surface area contributed by atoms with E-state index in [0.717, 1.165) is 18.5 Å². The van der Waals surface area contributed by atoms with E-state index >= 15 is 0 Å². The molecule has 1 atom stereocenters. The average Bonchev–Trinajstić information content (AvgIpc) is 2.28. The Morgan fingerprint density at radius 1 is 1.29 bits per heavy atom. The largest absolute Gasteiger partial charge is 0.399 e. The molecule has 3 nitrogen and oxygen atoms in total. The van der Waals surface area contributed by atoms with E-state index in [1.165, 1.54) is 5.56 Å². The molecular formula is C13H19NO2S. The van der Waals surface area contributed by atoms with Crippen LogP contribution in [0.15, 0.2) is 24.3 Å². The monoisotopic (exact) mass is 253 g/mol. The van der Waals surface area contributed by atoms with Gasteiger partial charge >= 0.3 is 0 Å². The molecule has 0 aliphatic carbocycles. The Morgan fingerprint density at radius 3 is 2.53 bits per heavy atom. The van der Waals surface area contributed by atoms with Crippen molar-refractivity contribution in [2.24, 2.45) is 5.92 Å². The van der Waals surface area contributed by atoms with Crippen molar-refractivity contribution in [1.29, 1.82) is 0 Å². The van der Waals surface area contributed by atoms with Gasteiger partial charge in [-0.05, 0) is 42.4 Å². The second-order valence-electron chi connectivity index (χ2n) is 4.95. The van der Waals surface area contributed by atoms with Gasteiger partial charge in [-0.15, -0.1) is 0 Å². The Labute approximate surface area is 103 Å². The van der Waals surface area contributed by atoms with E-state index < -0.39 is 9.84 Å². The second kappa shape index (κ2) is 4.69. The predicted molar refractivity (Wildman–Crippen MR) is 70.6 cm³/mol. The van der Waals surface area contributed by atoms with Gasteiger partial charge in [0.15, 0.2) is 0 Å². The van der Waals surface area contributed by atoms with Gasteiger partial charge in [-0.25, -0.2) is 8.42 Å². The summed E-state index contributed by atoms with van der Waals surface area (Å²) in [6, 6.07) is 7.90. The van der Waals surface area contributed by atoms with Crippen molar-refractivity contribution < 1.29 is 8.42 Å². The van der Waals surface area contributed by atoms with Gasteiger partial charge in [-0.3, -0.25) is 0 Å². The molecule has 94 valence electrons. The van der Waals surface area contributed by atoms with Gasteiger partial charge < -0.3 is 5.73 Å². The third-order valence-corrected chi connectivity index (χ3v) is 5.46. The minimum Gasteiger partial charge on any atom is -0.399 e. The Hall–Kier alpha value is -1.03. The lowest BCUT2D eigenvalue weighted by molar-refractivity contribution is 0.403. The fourth-order valence-corrected chi connectivity index (χ4v) is 4.05. The van der Waals surface area contributed by atoms with E-state index in [-0.39, 0.29) is 0 Å². The summed E-state index contributed by atoms with van der Waals surface area (Å²) in [5.41, 5.74) is 7.77. The van der Waals surface area contributed by atoms with Crippen LogP contribution in [-0.4, -0.2) is 19.9 Å². The quantitative estimate of drug-likeness (QED) is 0.822. The number of anilines is 1. The Morgan fingerprint density at radius 2 is 1.94 bits per heavy atom. The van der Waals surface area contributed by atoms with Crippen molar-refractivity contribution in [2.45, 2.75) is 25.7 Å². The second-order valence-corrected chi connectivity index (χ2v) is 7.25. The molecular weight excluding hydrogens is 234 g/mol. The molecule has 0 spiro atoms. The first-order valence-corrected chi connectivity index (χ1v) is 7.86. The van der Waals surface area contributed by atoms with Crippen LogP contribution in [0.1, 0.15) is 31.2 Å². The molecule has 0 saturated carbocycles. The van der Waals surface area contributed by atoms with Crippen LogP contribution in [0.5, 0.6) is 0 Å². The van der Waals surface area contributed by atoms with Crippen LogP contribution in [0.3, 0.4) is 0 Å². The zero-order valence-corrected chi connectivity index (χ0v) is 10.9. The molecule has 0 radical (unpaired) electrons. The molecule has 1 aliphatic heterocycles. The topological polar surface area (TPSA) is 60.2 Å². The highest BCUT2D eigenvalue weighted by molar-refractivity contribution is 7.91. The Bertz CT molecular complexity index is 482. The van der Waals surface area contributed by atoms with E-state index in [2.05, 4.69) is 13.0 Å². The number of nitrogens with two attached hydrogens (primary N) is 1. The van der Waals surface area contributed by atoms with E-state index in [9.17, 15) is 8.42 Å². The summed E-state index contributed by atoms with van der Waals surface area (Å²) in [6.07, 6.45) is 1.55. The molecule has 1 aromatic rings. The molecule has 1 aromatic carbocycles. The van der Waals surface area contributed by atoms with Crippen molar-refractivity contribution in [3.05, 3.63) is 29.8 Å². The summed E-state index contributed by atoms with van der Waals surface area (Å²) in [4.78, 5) is 0. The number of hydrogen-bond donors (Lipinski definition) is 1. The fourth-order valence-electron chi connectivity index (χ4n) is 2.52. The molecule has 17 heavy (non-hydrogen) atoms. The standard InChI is InChI=1S/C13H19NO2S/c1-10(12-3-2-4-13(14)9-12)11-5-7-17(15,16)8-6-11/h2-4,9-11H,5-8,14H2,1H3. The van der Waals surface area contributed by atoms with Crippen LogP contribution in [0.2, 0.25) is 0 Å². The minimum absolute atomic E-state index is 0.338. The number of sulfone groups is 1. The number of hydrogen-bond acceptors (Lipinski definition) is 3. The van der Waals surface area contributed by atoms with E-state index in [1.807, 2.05) is 18.2 Å². The van der Waals surface area contributed by atoms with Crippen LogP contribution in [-0.2, 0) is 9.84 Å². The van der Waals surface area contributed by atoms with Crippen LogP contribution < -0.4 is 5.73 Å². The first-order valence-electron chi connectivity index (χ1n) is 6.04. The Balaban J connectivity index is 2.09. The predicted octanol–water partition coefficient (Wildman–Crippen LogP) is 2.20. The summed E-state index contributed by atoms with van der Waals surface area (Å²) < 4.78 is 22.8. The average molecular weight is 253 g/mol. The van der Waals surface area contributed by atoms with Gasteiger partial charge in [0.25, 0.3) is 0 Å². The van der Waals surface area contributed by atoms with Crippen molar-refractivity contribution in [1.82, 2.24) is 0 Å². The molecule has 1 fully saturated rings. The van der Waals surface area contributed by atoms with E-state index in [4.69, 9.17) is 5.73 Å². The van der Waals surface area contributed by atoms with Crippen molar-refractivity contribution in [3.63, 3.8) is 0 Å². The molecule has 0 amide bonds. The molecule has 1 aliphatic rings. The molecule has 0 bridgehead atoms. The smallest absolute Gasteiger partial charge is 0.150 e. The highest BCUT2D eigenvalue weighted by Crippen LogP contribution is 2.33. The molecule has 1 heterocycles. The highest BCUT2D eigenvalue weighted by Gasteiger charge is 2.27. The Kier molecular flexibility index (Phi) is 3.43. The van der Waals surface area contributed by atoms with Gasteiger partial charge in [0, 0.05) is 5.69 Å². The van der Waals surface area contributed by atoms with E-state index in [1.54, 1.807) is 0 Å². The maximum Gasteiger partial charge on any atom is 0.150 e. The minimum atomic E-state index is -2.76. The van der Waals surface area contributed by atoms with Crippen molar-refractivity contribution in [2.75, 3.05) is 17.2 Å². The van der Waals surface area contributed by atoms with Crippen LogP contribution in [0, 0.1) is 5.92 Å². The highest BCUT2D eigenvalue weighted by atomic mass is 32.2. The first kappa shape index (κ1) is 12.4. The van der Waals surface area contributed by atoms with Crippen LogP contribution in [0.4, 0.5) is 5.69 Å². The number of nitrogen functional groups attached to an aromatic ring is 1. The molecule has 2 N–H and O–H groups in total. The molecule has 2 rings (SSSR count). The zero-order valence-electron chi connectivity index (χ0n) is 10.1. The summed E-state index contributed by atoms with van der Waals surface area (Å²) in [5.74, 6) is 1.52. The summed E-state index contributed by atoms with van der Waals surface area (Å²) in [6.45, 7) is 2.16. The lowest BCUT2D eigenvalue weighted by atomic mass is 9.84. The number of rotatable bonds is 2. The third kappa shape index (κ3) is 3.00. The van der Waals surface area contributed by atoms with Gasteiger partial charge in [-0.1, -0.05) is 19.1 Å². The first-order chi connectivity index (χ1) is 7.98. The summed E-state index contributed by atoms with van der Waals surface area (Å²) >= 11 is 0.